The highest BCUT2D eigenvalue weighted by molar-refractivity contribution is 6.39. The maximum Gasteiger partial charge on any atom is 0.329 e. The Balaban J connectivity index is 1.86. The number of aliphatic hydroxyl groups excluding tert-OH is 2. The summed E-state index contributed by atoms with van der Waals surface area (Å²) in [4.78, 5) is 59.2. The number of likely N-dealkylation sites (N-methyl/N-ethyl adjacent to an activating group) is 1. The summed E-state index contributed by atoms with van der Waals surface area (Å²) >= 11 is 0. The molecule has 0 aromatic heterocycles. The molecule has 3 heterocycles. The van der Waals surface area contributed by atoms with Gasteiger partial charge in [-0.15, -0.1) is 6.58 Å². The number of carbonyl (C=O) groups is 4. The number of esters is 1. The fourth-order valence-electron chi connectivity index (χ4n) is 10.0. The maximum absolute atomic E-state index is 14.6. The van der Waals surface area contributed by atoms with Crippen LogP contribution in [0.2, 0.25) is 0 Å². The molecule has 14 atom stereocenters. The Morgan fingerprint density at radius 2 is 1.66 bits per heavy atom. The average molecular weight is 903 g/mol. The van der Waals surface area contributed by atoms with E-state index in [4.69, 9.17) is 23.7 Å². The fourth-order valence-corrected chi connectivity index (χ4v) is 10.0. The van der Waals surface area contributed by atoms with E-state index in [0.717, 1.165) is 5.57 Å². The van der Waals surface area contributed by atoms with Crippen molar-refractivity contribution in [2.45, 2.75) is 160 Å². The van der Waals surface area contributed by atoms with E-state index < -0.39 is 77.9 Å². The van der Waals surface area contributed by atoms with Gasteiger partial charge in [-0.2, -0.15) is 5.10 Å². The topological polar surface area (TPSA) is 206 Å². The number of piperidine rings is 1. The van der Waals surface area contributed by atoms with Crippen molar-refractivity contribution in [2.24, 2.45) is 34.7 Å². The minimum absolute atomic E-state index is 0.00393. The van der Waals surface area contributed by atoms with E-state index in [0.29, 0.717) is 62.7 Å². The number of amides is 2. The van der Waals surface area contributed by atoms with Crippen molar-refractivity contribution < 1.29 is 58.2 Å². The average Bonchev–Trinajstić information content (AvgIpc) is 3.25. The monoisotopic (exact) mass is 903 g/mol. The number of hydrogen-bond acceptors (Lipinski definition) is 14. The van der Waals surface area contributed by atoms with Crippen LogP contribution in [0.25, 0.3) is 0 Å². The van der Waals surface area contributed by atoms with Crippen LogP contribution in [0, 0.1) is 29.6 Å². The number of methoxy groups -OCH3 is 3. The first-order valence-electron chi connectivity index (χ1n) is 23.1. The number of allylic oxidation sites excluding steroid dienone is 4. The molecule has 4 aliphatic rings. The van der Waals surface area contributed by atoms with E-state index in [2.05, 4.69) is 30.1 Å². The minimum Gasteiger partial charge on any atom is -0.456 e. The predicted octanol–water partition coefficient (Wildman–Crippen LogP) is 4.10. The van der Waals surface area contributed by atoms with Gasteiger partial charge in [0.15, 0.2) is 0 Å². The zero-order chi connectivity index (χ0) is 47.5. The molecule has 4 N–H and O–H groups in total. The molecular weight excluding hydrogens is 825 g/mol. The van der Waals surface area contributed by atoms with Crippen LogP contribution in [0.4, 0.5) is 0 Å². The van der Waals surface area contributed by atoms with Gasteiger partial charge in [-0.1, -0.05) is 44.6 Å². The van der Waals surface area contributed by atoms with Crippen LogP contribution in [0.3, 0.4) is 0 Å². The Morgan fingerprint density at radius 3 is 2.30 bits per heavy atom. The van der Waals surface area contributed by atoms with Gasteiger partial charge in [-0.25, -0.2) is 10.2 Å². The standard InChI is InChI=1S/C48H78N4O12/c1-12-15-34-21-28(2)20-29(3)22-40(61-10)44-41(62-11)24-31(5)48(59,64-44)45(56)46(57)52-19-14-13-16-36(52)47(58)63-43(30(4)23-33-17-18-37(53)39(25-33)60-9)32(6)38(54)26-35(34)49-50-42(55)27-51(7)8/h12,21,23,29,31-34,36-41,43-44,53-54,59H,1,13-20,22,24-27H2,2-11H3,(H,50,55)/b28-21+,30-23+,49-35-/t29-,31+,32+,33?,34+,36-,37+,38-,39+,40-,41-,43+,44+,48+/m0/s1. The zero-order valence-electron chi connectivity index (χ0n) is 40.0. The highest BCUT2D eigenvalue weighted by atomic mass is 16.7. The quantitative estimate of drug-likeness (QED) is 0.106. The smallest absolute Gasteiger partial charge is 0.329 e. The lowest BCUT2D eigenvalue weighted by atomic mass is 9.81. The van der Waals surface area contributed by atoms with E-state index in [1.165, 1.54) is 19.1 Å². The zero-order valence-corrected chi connectivity index (χ0v) is 40.0. The molecule has 1 aliphatic carbocycles. The molecular formula is C48H78N4O12. The number of hydrogen-bond donors (Lipinski definition) is 4. The Kier molecular flexibility index (Phi) is 20.3. The molecule has 64 heavy (non-hydrogen) atoms. The summed E-state index contributed by atoms with van der Waals surface area (Å²) in [5.41, 5.74) is 4.86. The third kappa shape index (κ3) is 13.6. The van der Waals surface area contributed by atoms with Gasteiger partial charge >= 0.3 is 5.97 Å². The molecule has 0 spiro atoms. The van der Waals surface area contributed by atoms with Crippen molar-refractivity contribution >= 4 is 29.3 Å². The van der Waals surface area contributed by atoms with Crippen molar-refractivity contribution in [3.8, 4) is 0 Å². The largest absolute Gasteiger partial charge is 0.456 e. The molecule has 0 aromatic rings. The summed E-state index contributed by atoms with van der Waals surface area (Å²) in [6.07, 6.45) is 5.36. The number of nitrogens with one attached hydrogen (secondary N) is 1. The Hall–Kier alpha value is -3.35. The number of nitrogens with zero attached hydrogens (tertiary/aromatic N) is 3. The third-order valence-corrected chi connectivity index (χ3v) is 13.7. The van der Waals surface area contributed by atoms with Crippen LogP contribution < -0.4 is 5.43 Å². The summed E-state index contributed by atoms with van der Waals surface area (Å²) in [5, 5.41) is 39.5. The normalized spacial score (nSPS) is 38.4. The molecule has 3 fully saturated rings. The van der Waals surface area contributed by atoms with E-state index in [1.807, 2.05) is 19.9 Å². The van der Waals surface area contributed by atoms with Crippen molar-refractivity contribution in [3.63, 3.8) is 0 Å². The van der Waals surface area contributed by atoms with Gasteiger partial charge in [-0.3, -0.25) is 14.4 Å². The van der Waals surface area contributed by atoms with Crippen LogP contribution in [-0.2, 0) is 42.9 Å². The lowest BCUT2D eigenvalue weighted by Crippen LogP contribution is -2.64. The number of cyclic esters (lactones) is 1. The minimum atomic E-state index is -2.53. The van der Waals surface area contributed by atoms with Crippen molar-refractivity contribution in [3.05, 3.63) is 36.0 Å². The second kappa shape index (κ2) is 24.4. The van der Waals surface area contributed by atoms with Gasteiger partial charge in [0.2, 0.25) is 5.79 Å². The molecule has 2 amide bonds. The van der Waals surface area contributed by atoms with Crippen molar-refractivity contribution in [2.75, 3.05) is 48.5 Å². The van der Waals surface area contributed by atoms with E-state index >= 15 is 0 Å². The summed E-state index contributed by atoms with van der Waals surface area (Å²) in [7, 11) is 8.19. The molecule has 2 saturated heterocycles. The summed E-state index contributed by atoms with van der Waals surface area (Å²) in [6, 6.07) is -1.16. The molecule has 1 saturated carbocycles. The van der Waals surface area contributed by atoms with Gasteiger partial charge in [0.1, 0.15) is 18.2 Å². The SMILES string of the molecule is C=CC[C@@H]1/C=C(\C)C[C@H](C)C[C@H](OC)[C@H]2O[C@@](O)(C(=O)C(=O)N3CCCC[C@H]3C(=O)O[C@H](/C(C)=C/C3CC[C@@H](O)[C@H](OC)C3)[C@H](C)[C@@H](O)C/C1=N/NC(=O)CN(C)C)[C@H](C)C[C@@H]2OC. The van der Waals surface area contributed by atoms with Gasteiger partial charge < -0.3 is 48.8 Å². The summed E-state index contributed by atoms with van der Waals surface area (Å²) in [6.45, 7) is 13.5. The lowest BCUT2D eigenvalue weighted by molar-refractivity contribution is -0.302. The fraction of sp³-hybridized carbons (Fsp3) is 0.771. The van der Waals surface area contributed by atoms with Gasteiger partial charge in [0, 0.05) is 57.8 Å². The Morgan fingerprint density at radius 1 is 0.984 bits per heavy atom. The number of rotatable bonds is 10. The summed E-state index contributed by atoms with van der Waals surface area (Å²) in [5.74, 6) is -7.81. The summed E-state index contributed by atoms with van der Waals surface area (Å²) < 4.78 is 30.1. The molecule has 16 heteroatoms. The number of ether oxygens (including phenoxy) is 5. The second-order valence-electron chi connectivity index (χ2n) is 19.2. The molecule has 4 rings (SSSR count). The number of fused-ring (bicyclic) bond motifs is 3. The Bertz CT molecular complexity index is 1700. The van der Waals surface area contributed by atoms with Crippen molar-refractivity contribution in [1.29, 1.82) is 0 Å². The molecule has 16 nitrogen and oxygen atoms in total. The first-order valence-corrected chi connectivity index (χ1v) is 23.1. The van der Waals surface area contributed by atoms with Gasteiger partial charge in [0.25, 0.3) is 17.6 Å². The molecule has 0 radical (unpaired) electrons. The van der Waals surface area contributed by atoms with Crippen molar-refractivity contribution in [1.82, 2.24) is 15.2 Å². The van der Waals surface area contributed by atoms with E-state index in [-0.39, 0.29) is 62.1 Å². The first-order chi connectivity index (χ1) is 30.3. The van der Waals surface area contributed by atoms with Gasteiger partial charge in [0.05, 0.1) is 37.1 Å². The molecule has 362 valence electrons. The number of Topliss-reactive ketones (excluding diaryl/α,β-unsaturated/α-hetero) is 1. The second-order valence-corrected chi connectivity index (χ2v) is 19.2. The molecule has 0 aromatic carbocycles. The Labute approximate surface area is 380 Å². The van der Waals surface area contributed by atoms with Crippen LogP contribution in [0.1, 0.15) is 105 Å². The van der Waals surface area contributed by atoms with E-state index in [9.17, 15) is 34.5 Å². The van der Waals surface area contributed by atoms with Crippen LogP contribution in [-0.4, -0.2) is 157 Å². The predicted molar refractivity (Wildman–Crippen MR) is 242 cm³/mol. The highest BCUT2D eigenvalue weighted by Crippen LogP contribution is 2.39. The molecule has 1 unspecified atom stereocenters. The van der Waals surface area contributed by atoms with E-state index in [1.54, 1.807) is 46.0 Å². The first kappa shape index (κ1) is 53.3. The number of hydrazone groups is 1. The number of carbonyl (C=O) groups excluding carboxylic acids is 4. The maximum atomic E-state index is 14.6. The third-order valence-electron chi connectivity index (χ3n) is 13.7. The van der Waals surface area contributed by atoms with Gasteiger partial charge in [-0.05, 0) is 110 Å². The molecule has 3 aliphatic heterocycles. The number of aliphatic hydroxyl groups is 3. The van der Waals surface area contributed by atoms with Crippen LogP contribution in [0.15, 0.2) is 41.1 Å². The lowest BCUT2D eigenvalue weighted by Gasteiger charge is -2.47. The molecule has 2 bridgehead atoms. The highest BCUT2D eigenvalue weighted by Gasteiger charge is 2.56. The van der Waals surface area contributed by atoms with Crippen LogP contribution in [0.5, 0.6) is 0 Å². The number of ketones is 1. The van der Waals surface area contributed by atoms with Crippen LogP contribution >= 0.6 is 0 Å².